The molecule has 1 fully saturated rings. The number of carbonyl (C=O) groups excluding carboxylic acids is 3. The molecule has 0 spiro atoms. The number of nitrogens with zero attached hydrogens (tertiary/aromatic N) is 3. The van der Waals surface area contributed by atoms with Crippen molar-refractivity contribution < 1.29 is 23.5 Å². The van der Waals surface area contributed by atoms with Gasteiger partial charge in [0, 0.05) is 61.1 Å². The van der Waals surface area contributed by atoms with Crippen LogP contribution in [-0.2, 0) is 9.53 Å². The van der Waals surface area contributed by atoms with Crippen LogP contribution in [0.5, 0.6) is 0 Å². The minimum atomic E-state index is -0.816. The highest BCUT2D eigenvalue weighted by Gasteiger charge is 2.38. The lowest BCUT2D eigenvalue weighted by Crippen LogP contribution is -2.53. The van der Waals surface area contributed by atoms with Crippen LogP contribution in [0.4, 0.5) is 9.18 Å². The molecule has 2 aromatic rings. The van der Waals surface area contributed by atoms with Crippen molar-refractivity contribution >= 4 is 41.1 Å². The molecule has 2 aliphatic rings. The first kappa shape index (κ1) is 26.9. The Bertz CT molecular complexity index is 1230. The average molecular weight is 549 g/mol. The molecule has 0 aromatic heterocycles. The number of piperazine rings is 1. The van der Waals surface area contributed by atoms with Crippen molar-refractivity contribution in [1.82, 2.24) is 20.0 Å². The van der Waals surface area contributed by atoms with Crippen LogP contribution in [0.1, 0.15) is 28.9 Å². The van der Waals surface area contributed by atoms with Crippen molar-refractivity contribution in [2.75, 3.05) is 46.4 Å². The molecule has 1 saturated heterocycles. The summed E-state index contributed by atoms with van der Waals surface area (Å²) in [5, 5.41) is 3.60. The lowest BCUT2D eigenvalue weighted by molar-refractivity contribution is -0.139. The predicted octanol–water partition coefficient (Wildman–Crippen LogP) is 4.10. The van der Waals surface area contributed by atoms with Crippen molar-refractivity contribution in [2.24, 2.45) is 0 Å². The van der Waals surface area contributed by atoms with Gasteiger partial charge in [-0.25, -0.2) is 14.0 Å². The van der Waals surface area contributed by atoms with Gasteiger partial charge in [-0.15, -0.1) is 0 Å². The molecule has 11 heteroatoms. The highest BCUT2D eigenvalue weighted by atomic mass is 35.5. The lowest BCUT2D eigenvalue weighted by atomic mass is 9.94. The number of hydrogen-bond donors (Lipinski definition) is 1. The summed E-state index contributed by atoms with van der Waals surface area (Å²) < 4.78 is 18.6. The second-order valence-electron chi connectivity index (χ2n) is 8.76. The summed E-state index contributed by atoms with van der Waals surface area (Å²) in [6, 6.07) is 9.15. The van der Waals surface area contributed by atoms with Crippen LogP contribution in [0.15, 0.2) is 53.7 Å². The second kappa shape index (κ2) is 11.5. The van der Waals surface area contributed by atoms with Crippen molar-refractivity contribution in [3.63, 3.8) is 0 Å². The normalized spacial score (nSPS) is 18.6. The molecule has 2 aliphatic heterocycles. The average Bonchev–Trinajstić information content (AvgIpc) is 2.87. The molecular formula is C26H27Cl2FN4O4. The number of halogens is 3. The molecule has 0 aliphatic carbocycles. The smallest absolute Gasteiger partial charge is 0.338 e. The first-order valence-corrected chi connectivity index (χ1v) is 12.6. The standard InChI is InChI=1S/C26H27Cl2FN4O4/c1-3-37-25(35)22-21(31(2)26(36)30-23(22)19-9-6-17(27)14-20(19)28)15-32-10-12-33(13-11-32)24(34)16-4-7-18(29)8-5-16/h4-9,14,23H,3,10-13,15H2,1-2H3,(H,30,36)/t23-/m1/s1. The zero-order chi connectivity index (χ0) is 26.7. The van der Waals surface area contributed by atoms with Gasteiger partial charge >= 0.3 is 12.0 Å². The summed E-state index contributed by atoms with van der Waals surface area (Å²) in [5.74, 6) is -1.12. The third-order valence-corrected chi connectivity index (χ3v) is 7.03. The minimum Gasteiger partial charge on any atom is -0.463 e. The molecule has 2 heterocycles. The number of carbonyl (C=O) groups is 3. The highest BCUT2D eigenvalue weighted by Crippen LogP contribution is 2.36. The molecule has 3 amide bonds. The Balaban J connectivity index is 1.58. The first-order chi connectivity index (χ1) is 17.7. The number of ether oxygens (including phenoxy) is 1. The van der Waals surface area contributed by atoms with E-state index in [9.17, 15) is 18.8 Å². The topological polar surface area (TPSA) is 82.2 Å². The number of amides is 3. The maximum absolute atomic E-state index is 13.2. The maximum atomic E-state index is 13.2. The van der Waals surface area contributed by atoms with Crippen LogP contribution in [-0.4, -0.2) is 79.0 Å². The van der Waals surface area contributed by atoms with Gasteiger partial charge in [0.15, 0.2) is 0 Å². The Kier molecular flexibility index (Phi) is 8.36. The highest BCUT2D eigenvalue weighted by molar-refractivity contribution is 6.35. The third kappa shape index (κ3) is 5.89. The fourth-order valence-corrected chi connectivity index (χ4v) is 4.98. The van der Waals surface area contributed by atoms with E-state index in [0.717, 1.165) is 0 Å². The lowest BCUT2D eigenvalue weighted by Gasteiger charge is -2.39. The van der Waals surface area contributed by atoms with Crippen molar-refractivity contribution in [2.45, 2.75) is 13.0 Å². The fraction of sp³-hybridized carbons (Fsp3) is 0.346. The van der Waals surface area contributed by atoms with Crippen LogP contribution in [0.25, 0.3) is 0 Å². The van der Waals surface area contributed by atoms with E-state index in [4.69, 9.17) is 27.9 Å². The Labute approximate surface area is 224 Å². The Morgan fingerprint density at radius 3 is 2.38 bits per heavy atom. The molecule has 37 heavy (non-hydrogen) atoms. The summed E-state index contributed by atoms with van der Waals surface area (Å²) in [5.41, 5.74) is 1.74. The van der Waals surface area contributed by atoms with Gasteiger partial charge in [-0.3, -0.25) is 14.6 Å². The van der Waals surface area contributed by atoms with E-state index >= 15 is 0 Å². The monoisotopic (exact) mass is 548 g/mol. The predicted molar refractivity (Wildman–Crippen MR) is 138 cm³/mol. The number of nitrogens with one attached hydrogen (secondary N) is 1. The zero-order valence-electron chi connectivity index (χ0n) is 20.5. The van der Waals surface area contributed by atoms with Crippen molar-refractivity contribution in [3.8, 4) is 0 Å². The van der Waals surface area contributed by atoms with E-state index in [0.29, 0.717) is 59.6 Å². The second-order valence-corrected chi connectivity index (χ2v) is 9.61. The van der Waals surface area contributed by atoms with Crippen LogP contribution < -0.4 is 5.32 Å². The molecule has 0 unspecified atom stereocenters. The number of rotatable bonds is 6. The van der Waals surface area contributed by atoms with E-state index in [1.807, 2.05) is 0 Å². The number of benzene rings is 2. The first-order valence-electron chi connectivity index (χ1n) is 11.9. The molecule has 8 nitrogen and oxygen atoms in total. The zero-order valence-corrected chi connectivity index (χ0v) is 22.0. The van der Waals surface area contributed by atoms with Gasteiger partial charge in [-0.05, 0) is 48.9 Å². The van der Waals surface area contributed by atoms with Gasteiger partial charge in [0.05, 0.1) is 18.2 Å². The van der Waals surface area contributed by atoms with Gasteiger partial charge in [-0.2, -0.15) is 0 Å². The number of hydrogen-bond acceptors (Lipinski definition) is 5. The van der Waals surface area contributed by atoms with Gasteiger partial charge < -0.3 is 15.0 Å². The molecule has 1 N–H and O–H groups in total. The number of esters is 1. The van der Waals surface area contributed by atoms with Crippen LogP contribution >= 0.6 is 23.2 Å². The summed E-state index contributed by atoms with van der Waals surface area (Å²) >= 11 is 12.5. The molecule has 0 radical (unpaired) electrons. The SMILES string of the molecule is CCOC(=O)C1=C(CN2CCN(C(=O)c3ccc(F)cc3)CC2)N(C)C(=O)N[C@@H]1c1ccc(Cl)cc1Cl. The Morgan fingerprint density at radius 1 is 1.08 bits per heavy atom. The fourth-order valence-electron chi connectivity index (χ4n) is 4.46. The summed E-state index contributed by atoms with van der Waals surface area (Å²) in [6.07, 6.45) is 0. The van der Waals surface area contributed by atoms with Crippen LogP contribution in [0.3, 0.4) is 0 Å². The summed E-state index contributed by atoms with van der Waals surface area (Å²) in [4.78, 5) is 44.1. The Morgan fingerprint density at radius 2 is 1.76 bits per heavy atom. The maximum Gasteiger partial charge on any atom is 0.338 e. The third-order valence-electron chi connectivity index (χ3n) is 6.47. The van der Waals surface area contributed by atoms with E-state index in [1.54, 1.807) is 37.1 Å². The van der Waals surface area contributed by atoms with E-state index in [-0.39, 0.29) is 24.1 Å². The van der Waals surface area contributed by atoms with Crippen molar-refractivity contribution in [1.29, 1.82) is 0 Å². The largest absolute Gasteiger partial charge is 0.463 e. The molecule has 1 atom stereocenters. The van der Waals surface area contributed by atoms with E-state index in [2.05, 4.69) is 10.2 Å². The number of urea groups is 1. The quantitative estimate of drug-likeness (QED) is 0.549. The molecular weight excluding hydrogens is 522 g/mol. The molecule has 4 rings (SSSR count). The molecule has 196 valence electrons. The summed E-state index contributed by atoms with van der Waals surface area (Å²) in [7, 11) is 1.60. The summed E-state index contributed by atoms with van der Waals surface area (Å²) in [6.45, 7) is 4.10. The van der Waals surface area contributed by atoms with Crippen molar-refractivity contribution in [3.05, 3.63) is 80.7 Å². The minimum absolute atomic E-state index is 0.165. The molecule has 0 bridgehead atoms. The van der Waals surface area contributed by atoms with Gasteiger partial charge in [0.1, 0.15) is 5.82 Å². The Hall–Kier alpha value is -3.14. The van der Waals surface area contributed by atoms with Gasteiger partial charge in [0.25, 0.3) is 5.91 Å². The van der Waals surface area contributed by atoms with Gasteiger partial charge in [-0.1, -0.05) is 29.3 Å². The number of likely N-dealkylation sites (N-methyl/N-ethyl adjacent to an activating group) is 1. The van der Waals surface area contributed by atoms with Gasteiger partial charge in [0.2, 0.25) is 0 Å². The van der Waals surface area contributed by atoms with E-state index in [1.165, 1.54) is 29.2 Å². The van der Waals surface area contributed by atoms with E-state index < -0.39 is 17.8 Å². The molecule has 0 saturated carbocycles. The van der Waals surface area contributed by atoms with Crippen LogP contribution in [0, 0.1) is 5.82 Å². The molecule has 2 aromatic carbocycles. The van der Waals surface area contributed by atoms with Crippen LogP contribution in [0.2, 0.25) is 10.0 Å².